The van der Waals surface area contributed by atoms with E-state index in [9.17, 15) is 0 Å². The van der Waals surface area contributed by atoms with Crippen LogP contribution in [0.25, 0.3) is 0 Å². The van der Waals surface area contributed by atoms with Gasteiger partial charge in [0.1, 0.15) is 0 Å². The summed E-state index contributed by atoms with van der Waals surface area (Å²) >= 11 is 0. The summed E-state index contributed by atoms with van der Waals surface area (Å²) in [6, 6.07) is 8.50. The van der Waals surface area contributed by atoms with Gasteiger partial charge in [0.25, 0.3) is 0 Å². The van der Waals surface area contributed by atoms with Gasteiger partial charge in [0.15, 0.2) is 0 Å². The molecule has 1 aliphatic rings. The molecule has 0 unspecified atom stereocenters. The minimum atomic E-state index is 0.164. The molecule has 15 heavy (non-hydrogen) atoms. The third-order valence-corrected chi connectivity index (χ3v) is 3.36. The highest BCUT2D eigenvalue weighted by Gasteiger charge is 2.37. The van der Waals surface area contributed by atoms with Gasteiger partial charge in [-0.2, -0.15) is 0 Å². The Hall–Kier alpha value is -1.02. The number of aryl methyl sites for hydroxylation is 1. The van der Waals surface area contributed by atoms with Crippen molar-refractivity contribution in [2.45, 2.75) is 31.7 Å². The molecular formula is C13H20N2. The Labute approximate surface area is 92.1 Å². The standard InChI is InChI=1S/C13H20N2/c1-11-5-3-4-6-12(11)15(2)10-9-13(14)7-8-13/h3-6H,7-10,14H2,1-2H3. The molecule has 0 aliphatic heterocycles. The van der Waals surface area contributed by atoms with Gasteiger partial charge in [-0.3, -0.25) is 0 Å². The Balaban J connectivity index is 1.95. The lowest BCUT2D eigenvalue weighted by atomic mass is 10.1. The molecule has 1 aliphatic carbocycles. The highest BCUT2D eigenvalue weighted by Crippen LogP contribution is 2.35. The predicted molar refractivity (Wildman–Crippen MR) is 65.2 cm³/mol. The first kappa shape index (κ1) is 10.5. The van der Waals surface area contributed by atoms with Crippen LogP contribution in [-0.2, 0) is 0 Å². The monoisotopic (exact) mass is 204 g/mol. The fraction of sp³-hybridized carbons (Fsp3) is 0.538. The van der Waals surface area contributed by atoms with Crippen LogP contribution in [0.2, 0.25) is 0 Å². The molecule has 0 amide bonds. The zero-order valence-electron chi connectivity index (χ0n) is 9.66. The van der Waals surface area contributed by atoms with Gasteiger partial charge >= 0.3 is 0 Å². The van der Waals surface area contributed by atoms with Crippen LogP contribution in [0, 0.1) is 6.92 Å². The molecule has 0 spiro atoms. The molecule has 1 fully saturated rings. The van der Waals surface area contributed by atoms with Crippen LogP contribution in [0.4, 0.5) is 5.69 Å². The summed E-state index contributed by atoms with van der Waals surface area (Å²) < 4.78 is 0. The Kier molecular flexibility index (Phi) is 2.70. The number of benzene rings is 1. The number of hydrogen-bond donors (Lipinski definition) is 1. The molecule has 1 aromatic carbocycles. The summed E-state index contributed by atoms with van der Waals surface area (Å²) in [4.78, 5) is 2.31. The summed E-state index contributed by atoms with van der Waals surface area (Å²) in [5, 5.41) is 0. The molecule has 0 heterocycles. The van der Waals surface area contributed by atoms with Crippen LogP contribution in [0.3, 0.4) is 0 Å². The molecule has 2 rings (SSSR count). The van der Waals surface area contributed by atoms with Crippen molar-refractivity contribution >= 4 is 5.69 Å². The second-order valence-electron chi connectivity index (χ2n) is 4.82. The zero-order valence-corrected chi connectivity index (χ0v) is 9.66. The fourth-order valence-corrected chi connectivity index (χ4v) is 1.91. The smallest absolute Gasteiger partial charge is 0.0393 e. The third-order valence-electron chi connectivity index (χ3n) is 3.36. The number of nitrogens with two attached hydrogens (primary N) is 1. The average Bonchev–Trinajstić information content (AvgIpc) is 2.95. The molecule has 0 radical (unpaired) electrons. The Morgan fingerprint density at radius 3 is 2.60 bits per heavy atom. The van der Waals surface area contributed by atoms with E-state index in [1.807, 2.05) is 0 Å². The quantitative estimate of drug-likeness (QED) is 0.815. The van der Waals surface area contributed by atoms with Gasteiger partial charge in [-0.05, 0) is 37.8 Å². The lowest BCUT2D eigenvalue weighted by molar-refractivity contribution is 0.606. The van der Waals surface area contributed by atoms with Crippen LogP contribution in [-0.4, -0.2) is 19.1 Å². The number of rotatable bonds is 4. The van der Waals surface area contributed by atoms with Gasteiger partial charge in [0.2, 0.25) is 0 Å². The molecule has 0 atom stereocenters. The highest BCUT2D eigenvalue weighted by molar-refractivity contribution is 5.52. The molecule has 0 aromatic heterocycles. The molecule has 2 heteroatoms. The summed E-state index contributed by atoms with van der Waals surface area (Å²) in [5.74, 6) is 0. The Bertz CT molecular complexity index is 342. The minimum Gasteiger partial charge on any atom is -0.374 e. The molecule has 82 valence electrons. The Morgan fingerprint density at radius 1 is 1.33 bits per heavy atom. The van der Waals surface area contributed by atoms with Gasteiger partial charge < -0.3 is 10.6 Å². The van der Waals surface area contributed by atoms with Gasteiger partial charge in [0, 0.05) is 24.8 Å². The van der Waals surface area contributed by atoms with Crippen molar-refractivity contribution < 1.29 is 0 Å². The maximum absolute atomic E-state index is 6.08. The average molecular weight is 204 g/mol. The molecule has 0 saturated heterocycles. The maximum Gasteiger partial charge on any atom is 0.0393 e. The lowest BCUT2D eigenvalue weighted by Gasteiger charge is -2.23. The van der Waals surface area contributed by atoms with Crippen molar-refractivity contribution in [3.8, 4) is 0 Å². The minimum absolute atomic E-state index is 0.164. The molecule has 2 nitrogen and oxygen atoms in total. The number of nitrogens with zero attached hydrogens (tertiary/aromatic N) is 1. The highest BCUT2D eigenvalue weighted by atomic mass is 15.1. The number of anilines is 1. The van der Waals surface area contributed by atoms with Crippen molar-refractivity contribution in [1.82, 2.24) is 0 Å². The lowest BCUT2D eigenvalue weighted by Crippen LogP contribution is -2.29. The van der Waals surface area contributed by atoms with Crippen molar-refractivity contribution in [2.75, 3.05) is 18.5 Å². The molecule has 2 N–H and O–H groups in total. The number of para-hydroxylation sites is 1. The summed E-state index contributed by atoms with van der Waals surface area (Å²) in [6.45, 7) is 3.21. The SMILES string of the molecule is Cc1ccccc1N(C)CCC1(N)CC1. The van der Waals surface area contributed by atoms with Crippen molar-refractivity contribution in [2.24, 2.45) is 5.73 Å². The maximum atomic E-state index is 6.08. The first-order valence-corrected chi connectivity index (χ1v) is 5.66. The van der Waals surface area contributed by atoms with Crippen LogP contribution >= 0.6 is 0 Å². The largest absolute Gasteiger partial charge is 0.374 e. The van der Waals surface area contributed by atoms with E-state index in [1.165, 1.54) is 24.1 Å². The van der Waals surface area contributed by atoms with Gasteiger partial charge in [-0.15, -0.1) is 0 Å². The summed E-state index contributed by atoms with van der Waals surface area (Å²) in [5.41, 5.74) is 8.90. The Morgan fingerprint density at radius 2 is 2.00 bits per heavy atom. The van der Waals surface area contributed by atoms with E-state index in [0.717, 1.165) is 13.0 Å². The van der Waals surface area contributed by atoms with E-state index >= 15 is 0 Å². The van der Waals surface area contributed by atoms with Gasteiger partial charge in [0.05, 0.1) is 0 Å². The van der Waals surface area contributed by atoms with Gasteiger partial charge in [-0.1, -0.05) is 18.2 Å². The van der Waals surface area contributed by atoms with Crippen molar-refractivity contribution in [3.63, 3.8) is 0 Å². The third kappa shape index (κ3) is 2.51. The normalized spacial score (nSPS) is 17.5. The number of hydrogen-bond acceptors (Lipinski definition) is 2. The van der Waals surface area contributed by atoms with Crippen LogP contribution in [0.15, 0.2) is 24.3 Å². The fourth-order valence-electron chi connectivity index (χ4n) is 1.91. The van der Waals surface area contributed by atoms with Gasteiger partial charge in [-0.25, -0.2) is 0 Å². The van der Waals surface area contributed by atoms with Crippen molar-refractivity contribution in [1.29, 1.82) is 0 Å². The second kappa shape index (κ2) is 3.86. The van der Waals surface area contributed by atoms with E-state index in [2.05, 4.69) is 43.1 Å². The van der Waals surface area contributed by atoms with Crippen molar-refractivity contribution in [3.05, 3.63) is 29.8 Å². The van der Waals surface area contributed by atoms with Crippen LogP contribution in [0.1, 0.15) is 24.8 Å². The second-order valence-corrected chi connectivity index (χ2v) is 4.82. The van der Waals surface area contributed by atoms with E-state index in [-0.39, 0.29) is 5.54 Å². The van der Waals surface area contributed by atoms with E-state index in [0.29, 0.717) is 0 Å². The van der Waals surface area contributed by atoms with Crippen LogP contribution in [0.5, 0.6) is 0 Å². The first-order valence-electron chi connectivity index (χ1n) is 5.66. The van der Waals surface area contributed by atoms with E-state index < -0.39 is 0 Å². The summed E-state index contributed by atoms with van der Waals surface area (Å²) in [6.07, 6.45) is 3.51. The van der Waals surface area contributed by atoms with Crippen LogP contribution < -0.4 is 10.6 Å². The van der Waals surface area contributed by atoms with E-state index in [4.69, 9.17) is 5.73 Å². The zero-order chi connectivity index (χ0) is 10.9. The molecule has 1 saturated carbocycles. The summed E-state index contributed by atoms with van der Waals surface area (Å²) in [7, 11) is 2.15. The molecule has 0 bridgehead atoms. The molecular weight excluding hydrogens is 184 g/mol. The molecule has 1 aromatic rings. The topological polar surface area (TPSA) is 29.3 Å². The predicted octanol–water partition coefficient (Wildman–Crippen LogP) is 2.31. The van der Waals surface area contributed by atoms with E-state index in [1.54, 1.807) is 0 Å². The first-order chi connectivity index (χ1) is 7.11.